The summed E-state index contributed by atoms with van der Waals surface area (Å²) >= 11 is 5.11. The van der Waals surface area contributed by atoms with Crippen LogP contribution in [0.15, 0.2) is 18.2 Å². The first-order valence-electron chi connectivity index (χ1n) is 3.65. The minimum atomic E-state index is -0.725. The van der Waals surface area contributed by atoms with Crippen molar-refractivity contribution in [1.29, 1.82) is 0 Å². The fourth-order valence-corrected chi connectivity index (χ4v) is 1.14. The van der Waals surface area contributed by atoms with Gasteiger partial charge in [-0.05, 0) is 23.2 Å². The molecule has 1 aromatic carbocycles. The van der Waals surface area contributed by atoms with Crippen LogP contribution in [0.2, 0.25) is 0 Å². The minimum Gasteiger partial charge on any atom is -0.502 e. The molecule has 0 radical (unpaired) electrons. The van der Waals surface area contributed by atoms with Crippen LogP contribution in [-0.2, 0) is 11.2 Å². The Hall–Kier alpha value is -1.62. The predicted octanol–water partition coefficient (Wildman–Crippen LogP) is 1.61. The van der Waals surface area contributed by atoms with Gasteiger partial charge in [0.25, 0.3) is 0 Å². The zero-order valence-corrected chi connectivity index (χ0v) is 7.69. The van der Waals surface area contributed by atoms with Crippen molar-refractivity contribution in [2.45, 2.75) is 6.42 Å². The molecule has 74 valence electrons. The molecular formula is C8H6ClNO4. The molecule has 0 unspecified atom stereocenters. The number of halogens is 1. The molecule has 0 aliphatic carbocycles. The zero-order chi connectivity index (χ0) is 10.7. The average molecular weight is 216 g/mol. The van der Waals surface area contributed by atoms with E-state index in [9.17, 15) is 14.9 Å². The lowest BCUT2D eigenvalue weighted by molar-refractivity contribution is -0.385. The number of carbonyl (C=O) groups excluding carboxylic acids is 1. The van der Waals surface area contributed by atoms with Crippen LogP contribution in [0.5, 0.6) is 5.75 Å². The normalized spacial score (nSPS) is 9.79. The third kappa shape index (κ3) is 2.43. The zero-order valence-electron chi connectivity index (χ0n) is 6.94. The van der Waals surface area contributed by atoms with Crippen molar-refractivity contribution < 1.29 is 14.8 Å². The van der Waals surface area contributed by atoms with Gasteiger partial charge < -0.3 is 5.11 Å². The number of nitro groups is 1. The number of aromatic hydroxyl groups is 1. The number of nitrogens with zero attached hydrogens (tertiary/aromatic N) is 1. The molecular weight excluding hydrogens is 210 g/mol. The average Bonchev–Trinajstić information content (AvgIpc) is 2.07. The van der Waals surface area contributed by atoms with Gasteiger partial charge in [-0.25, -0.2) is 0 Å². The first-order chi connectivity index (χ1) is 6.50. The van der Waals surface area contributed by atoms with Crippen molar-refractivity contribution in [3.8, 4) is 5.75 Å². The van der Waals surface area contributed by atoms with E-state index in [1.165, 1.54) is 6.07 Å². The summed E-state index contributed by atoms with van der Waals surface area (Å²) in [5.41, 5.74) is -0.0325. The standard InChI is InChI=1S/C8H6ClNO4/c9-8(12)4-5-1-2-7(11)6(3-5)10(13)14/h1-3,11H,4H2. The van der Waals surface area contributed by atoms with Crippen molar-refractivity contribution in [2.75, 3.05) is 0 Å². The molecule has 5 nitrogen and oxygen atoms in total. The molecule has 0 fully saturated rings. The molecule has 1 N–H and O–H groups in total. The third-order valence-corrected chi connectivity index (χ3v) is 1.71. The van der Waals surface area contributed by atoms with Gasteiger partial charge in [0, 0.05) is 12.5 Å². The Morgan fingerprint density at radius 1 is 1.57 bits per heavy atom. The monoisotopic (exact) mass is 215 g/mol. The second-order valence-electron chi connectivity index (χ2n) is 2.61. The van der Waals surface area contributed by atoms with E-state index in [0.717, 1.165) is 12.1 Å². The van der Waals surface area contributed by atoms with Crippen molar-refractivity contribution in [2.24, 2.45) is 0 Å². The summed E-state index contributed by atoms with van der Waals surface area (Å²) in [5, 5.41) is 18.9. The Morgan fingerprint density at radius 2 is 2.21 bits per heavy atom. The topological polar surface area (TPSA) is 80.4 Å². The van der Waals surface area contributed by atoms with Crippen molar-refractivity contribution in [3.63, 3.8) is 0 Å². The highest BCUT2D eigenvalue weighted by Crippen LogP contribution is 2.26. The van der Waals surface area contributed by atoms with Gasteiger partial charge in [-0.3, -0.25) is 14.9 Å². The van der Waals surface area contributed by atoms with E-state index < -0.39 is 21.6 Å². The summed E-state index contributed by atoms with van der Waals surface area (Å²) in [4.78, 5) is 20.2. The van der Waals surface area contributed by atoms with Gasteiger partial charge in [-0.2, -0.15) is 0 Å². The molecule has 0 bridgehead atoms. The van der Waals surface area contributed by atoms with Crippen LogP contribution in [-0.4, -0.2) is 15.3 Å². The summed E-state index contributed by atoms with van der Waals surface area (Å²) in [5.74, 6) is -0.430. The number of hydrogen-bond acceptors (Lipinski definition) is 4. The van der Waals surface area contributed by atoms with Gasteiger partial charge in [0.2, 0.25) is 5.24 Å². The van der Waals surface area contributed by atoms with Crippen LogP contribution < -0.4 is 0 Å². The number of carbonyl (C=O) groups is 1. The maximum Gasteiger partial charge on any atom is 0.310 e. The van der Waals surface area contributed by atoms with Crippen LogP contribution in [0.1, 0.15) is 5.56 Å². The van der Waals surface area contributed by atoms with E-state index in [1.807, 2.05) is 0 Å². The summed E-state index contributed by atoms with van der Waals surface area (Å²) in [7, 11) is 0. The quantitative estimate of drug-likeness (QED) is 0.472. The summed E-state index contributed by atoms with van der Waals surface area (Å²) < 4.78 is 0. The largest absolute Gasteiger partial charge is 0.502 e. The van der Waals surface area contributed by atoms with Crippen molar-refractivity contribution in [1.82, 2.24) is 0 Å². The van der Waals surface area contributed by atoms with E-state index in [4.69, 9.17) is 16.7 Å². The third-order valence-electron chi connectivity index (χ3n) is 1.58. The maximum atomic E-state index is 10.5. The van der Waals surface area contributed by atoms with Gasteiger partial charge in [0.05, 0.1) is 4.92 Å². The number of benzene rings is 1. The number of nitro benzene ring substituents is 1. The lowest BCUT2D eigenvalue weighted by Crippen LogP contribution is -1.95. The number of rotatable bonds is 3. The van der Waals surface area contributed by atoms with Crippen molar-refractivity contribution in [3.05, 3.63) is 33.9 Å². The predicted molar refractivity (Wildman–Crippen MR) is 49.3 cm³/mol. The highest BCUT2D eigenvalue weighted by Gasteiger charge is 2.14. The van der Waals surface area contributed by atoms with Gasteiger partial charge >= 0.3 is 5.69 Å². The molecule has 0 aliphatic rings. The SMILES string of the molecule is O=C(Cl)Cc1ccc(O)c([N+](=O)[O-])c1. The molecule has 0 saturated heterocycles. The number of hydrogen-bond donors (Lipinski definition) is 1. The Kier molecular flexibility index (Phi) is 3.03. The van der Waals surface area contributed by atoms with E-state index in [0.29, 0.717) is 5.56 Å². The molecule has 14 heavy (non-hydrogen) atoms. The van der Waals surface area contributed by atoms with Gasteiger partial charge in [0.1, 0.15) is 0 Å². The van der Waals surface area contributed by atoms with Crippen molar-refractivity contribution >= 4 is 22.5 Å². The summed E-state index contributed by atoms with van der Waals surface area (Å²) in [6.07, 6.45) is -0.0946. The Labute approximate surface area is 84.1 Å². The summed E-state index contributed by atoms with van der Waals surface area (Å²) in [6.45, 7) is 0. The number of phenols is 1. The highest BCUT2D eigenvalue weighted by molar-refractivity contribution is 6.63. The van der Waals surface area contributed by atoms with Crippen LogP contribution in [0.3, 0.4) is 0 Å². The molecule has 1 rings (SSSR count). The molecule has 0 spiro atoms. The fraction of sp³-hybridized carbons (Fsp3) is 0.125. The Morgan fingerprint density at radius 3 is 2.71 bits per heavy atom. The second kappa shape index (κ2) is 4.06. The van der Waals surface area contributed by atoms with Gasteiger partial charge in [-0.15, -0.1) is 0 Å². The smallest absolute Gasteiger partial charge is 0.310 e. The van der Waals surface area contributed by atoms with E-state index in [1.54, 1.807) is 0 Å². The molecule has 0 aliphatic heterocycles. The first-order valence-corrected chi connectivity index (χ1v) is 4.03. The molecule has 0 saturated carbocycles. The Balaban J connectivity index is 3.06. The number of phenolic OH excluding ortho intramolecular Hbond substituents is 1. The summed E-state index contributed by atoms with van der Waals surface area (Å²) in [6, 6.07) is 3.69. The molecule has 0 heterocycles. The maximum absolute atomic E-state index is 10.5. The van der Waals surface area contributed by atoms with Gasteiger partial charge in [-0.1, -0.05) is 6.07 Å². The highest BCUT2D eigenvalue weighted by atomic mass is 35.5. The minimum absolute atomic E-state index is 0.0946. The molecule has 6 heteroatoms. The second-order valence-corrected chi connectivity index (χ2v) is 3.03. The molecule has 0 aromatic heterocycles. The van der Waals surface area contributed by atoms with Gasteiger partial charge in [0.15, 0.2) is 5.75 Å². The van der Waals surface area contributed by atoms with E-state index >= 15 is 0 Å². The Bertz CT molecular complexity index is 391. The van der Waals surface area contributed by atoms with Crippen LogP contribution in [0, 0.1) is 10.1 Å². The molecule has 0 amide bonds. The fourth-order valence-electron chi connectivity index (χ4n) is 0.986. The van der Waals surface area contributed by atoms with Crippen LogP contribution in [0.4, 0.5) is 5.69 Å². The van der Waals surface area contributed by atoms with E-state index in [-0.39, 0.29) is 6.42 Å². The lowest BCUT2D eigenvalue weighted by atomic mass is 10.1. The van der Waals surface area contributed by atoms with Crippen LogP contribution >= 0.6 is 11.6 Å². The molecule has 0 atom stereocenters. The van der Waals surface area contributed by atoms with E-state index in [2.05, 4.69) is 0 Å². The first kappa shape index (κ1) is 10.5. The molecule has 1 aromatic rings. The lowest BCUT2D eigenvalue weighted by Gasteiger charge is -1.98. The van der Waals surface area contributed by atoms with Crippen LogP contribution in [0.25, 0.3) is 0 Å².